The third kappa shape index (κ3) is 7.70. The van der Waals surface area contributed by atoms with Crippen LogP contribution >= 0.6 is 0 Å². The molecule has 0 aromatic carbocycles. The van der Waals surface area contributed by atoms with Crippen molar-refractivity contribution in [3.05, 3.63) is 0 Å². The van der Waals surface area contributed by atoms with Gasteiger partial charge >= 0.3 is 5.97 Å². The average Bonchev–Trinajstić information content (AvgIpc) is 2.12. The van der Waals surface area contributed by atoms with Crippen molar-refractivity contribution >= 4 is 5.97 Å². The Labute approximate surface area is 79.1 Å². The summed E-state index contributed by atoms with van der Waals surface area (Å²) in [6, 6.07) is 0. The van der Waals surface area contributed by atoms with Gasteiger partial charge in [0, 0.05) is 6.54 Å². The summed E-state index contributed by atoms with van der Waals surface area (Å²) in [4.78, 5) is 17.3. The SMILES string of the molecule is CCCCN(C)CCC(=O)ONN. The zero-order chi connectivity index (χ0) is 10.1. The number of unbranched alkanes of at least 4 members (excludes halogenated alkanes) is 1. The lowest BCUT2D eigenvalue weighted by Crippen LogP contribution is -2.29. The Balaban J connectivity index is 3.34. The van der Waals surface area contributed by atoms with Crippen molar-refractivity contribution < 1.29 is 9.63 Å². The second kappa shape index (κ2) is 7.97. The Kier molecular flexibility index (Phi) is 7.57. The van der Waals surface area contributed by atoms with Crippen LogP contribution in [0.2, 0.25) is 0 Å². The molecule has 13 heavy (non-hydrogen) atoms. The van der Waals surface area contributed by atoms with Gasteiger partial charge in [-0.1, -0.05) is 18.9 Å². The summed E-state index contributed by atoms with van der Waals surface area (Å²) < 4.78 is 0. The lowest BCUT2D eigenvalue weighted by molar-refractivity contribution is -0.151. The van der Waals surface area contributed by atoms with Crippen molar-refractivity contribution in [2.75, 3.05) is 20.1 Å². The molecule has 0 unspecified atom stereocenters. The van der Waals surface area contributed by atoms with Crippen LogP contribution in [0.15, 0.2) is 0 Å². The molecule has 5 nitrogen and oxygen atoms in total. The Bertz CT molecular complexity index is 141. The third-order valence-corrected chi connectivity index (χ3v) is 1.76. The van der Waals surface area contributed by atoms with Gasteiger partial charge in [0.1, 0.15) is 0 Å². The van der Waals surface area contributed by atoms with Crippen molar-refractivity contribution in [2.24, 2.45) is 5.84 Å². The van der Waals surface area contributed by atoms with E-state index in [1.165, 1.54) is 6.42 Å². The van der Waals surface area contributed by atoms with E-state index in [0.717, 1.165) is 13.0 Å². The number of carbonyl (C=O) groups excluding carboxylic acids is 1. The second-order valence-corrected chi connectivity index (χ2v) is 3.00. The molecule has 0 bridgehead atoms. The smallest absolute Gasteiger partial charge is 0.327 e. The molecule has 0 saturated heterocycles. The molecule has 0 aromatic rings. The summed E-state index contributed by atoms with van der Waals surface area (Å²) in [5.41, 5.74) is 1.87. The van der Waals surface area contributed by atoms with E-state index in [0.29, 0.717) is 13.0 Å². The van der Waals surface area contributed by atoms with E-state index >= 15 is 0 Å². The van der Waals surface area contributed by atoms with Crippen LogP contribution in [-0.4, -0.2) is 31.0 Å². The van der Waals surface area contributed by atoms with Gasteiger partial charge in [0.25, 0.3) is 0 Å². The van der Waals surface area contributed by atoms with Crippen LogP contribution < -0.4 is 11.4 Å². The maximum atomic E-state index is 10.8. The normalized spacial score (nSPS) is 10.5. The van der Waals surface area contributed by atoms with Crippen LogP contribution in [0.5, 0.6) is 0 Å². The number of hydrogen-bond donors (Lipinski definition) is 2. The first-order valence-electron chi connectivity index (χ1n) is 4.54. The van der Waals surface area contributed by atoms with Gasteiger partial charge < -0.3 is 9.74 Å². The number of nitrogens with zero attached hydrogens (tertiary/aromatic N) is 1. The summed E-state index contributed by atoms with van der Waals surface area (Å²) in [7, 11) is 1.98. The predicted octanol–water partition coefficient (Wildman–Crippen LogP) is 0.0299. The van der Waals surface area contributed by atoms with E-state index < -0.39 is 0 Å². The van der Waals surface area contributed by atoms with Crippen LogP contribution in [0.1, 0.15) is 26.2 Å². The number of nitrogens with two attached hydrogens (primary N) is 1. The Morgan fingerprint density at radius 2 is 2.23 bits per heavy atom. The first-order valence-corrected chi connectivity index (χ1v) is 4.54. The molecule has 0 aliphatic carbocycles. The van der Waals surface area contributed by atoms with Crippen LogP contribution in [0, 0.1) is 0 Å². The minimum atomic E-state index is -0.328. The molecule has 0 aliphatic rings. The molecule has 0 radical (unpaired) electrons. The third-order valence-electron chi connectivity index (χ3n) is 1.76. The molecule has 0 fully saturated rings. The number of rotatable bonds is 7. The summed E-state index contributed by atoms with van der Waals surface area (Å²) >= 11 is 0. The van der Waals surface area contributed by atoms with Gasteiger partial charge in [0.05, 0.1) is 6.42 Å². The highest BCUT2D eigenvalue weighted by Gasteiger charge is 2.04. The van der Waals surface area contributed by atoms with Gasteiger partial charge in [-0.2, -0.15) is 0 Å². The highest BCUT2D eigenvalue weighted by Crippen LogP contribution is 1.93. The van der Waals surface area contributed by atoms with Gasteiger partial charge in [0.15, 0.2) is 0 Å². The van der Waals surface area contributed by atoms with Crippen LogP contribution in [0.4, 0.5) is 0 Å². The summed E-state index contributed by atoms with van der Waals surface area (Å²) in [5.74, 6) is 4.48. The minimum absolute atomic E-state index is 0.328. The molecule has 0 aliphatic heterocycles. The zero-order valence-corrected chi connectivity index (χ0v) is 8.38. The van der Waals surface area contributed by atoms with Crippen molar-refractivity contribution in [2.45, 2.75) is 26.2 Å². The number of carbonyl (C=O) groups is 1. The predicted molar refractivity (Wildman–Crippen MR) is 50.4 cm³/mol. The van der Waals surface area contributed by atoms with E-state index in [-0.39, 0.29) is 5.97 Å². The molecule has 0 saturated carbocycles. The molecule has 0 rings (SSSR count). The van der Waals surface area contributed by atoms with Crippen molar-refractivity contribution in [1.29, 1.82) is 0 Å². The van der Waals surface area contributed by atoms with Gasteiger partial charge in [-0.25, -0.2) is 5.84 Å². The Morgan fingerprint density at radius 3 is 2.77 bits per heavy atom. The van der Waals surface area contributed by atoms with Crippen LogP contribution in [0.3, 0.4) is 0 Å². The molecular weight excluding hydrogens is 170 g/mol. The molecule has 0 aromatic heterocycles. The highest BCUT2D eigenvalue weighted by molar-refractivity contribution is 5.69. The molecule has 0 amide bonds. The molecule has 78 valence electrons. The fourth-order valence-electron chi connectivity index (χ4n) is 0.939. The average molecular weight is 189 g/mol. The lowest BCUT2D eigenvalue weighted by atomic mass is 10.3. The second-order valence-electron chi connectivity index (χ2n) is 3.00. The maximum Gasteiger partial charge on any atom is 0.327 e. The quantitative estimate of drug-likeness (QED) is 0.437. The number of nitrogens with one attached hydrogen (secondary N) is 1. The van der Waals surface area contributed by atoms with E-state index in [1.54, 1.807) is 0 Å². The van der Waals surface area contributed by atoms with E-state index in [9.17, 15) is 4.79 Å². The van der Waals surface area contributed by atoms with E-state index in [2.05, 4.69) is 16.7 Å². The standard InChI is InChI=1S/C8H19N3O2/c1-3-4-6-11(2)7-5-8(12)13-10-9/h10H,3-7,9H2,1-2H3. The van der Waals surface area contributed by atoms with E-state index in [4.69, 9.17) is 5.84 Å². The molecule has 0 heterocycles. The van der Waals surface area contributed by atoms with Gasteiger partial charge in [0.2, 0.25) is 0 Å². The van der Waals surface area contributed by atoms with Crippen molar-refractivity contribution in [3.63, 3.8) is 0 Å². The maximum absolute atomic E-state index is 10.8. The number of hydrogen-bond acceptors (Lipinski definition) is 5. The van der Waals surface area contributed by atoms with Crippen LogP contribution in [-0.2, 0) is 9.63 Å². The molecular formula is C8H19N3O2. The monoisotopic (exact) mass is 189 g/mol. The first-order chi connectivity index (χ1) is 6.20. The largest absolute Gasteiger partial charge is 0.356 e. The Hall–Kier alpha value is -0.650. The summed E-state index contributed by atoms with van der Waals surface area (Å²) in [5, 5.41) is 0. The van der Waals surface area contributed by atoms with Gasteiger partial charge in [-0.05, 0) is 20.0 Å². The highest BCUT2D eigenvalue weighted by atomic mass is 16.7. The first kappa shape index (κ1) is 12.3. The zero-order valence-electron chi connectivity index (χ0n) is 8.38. The van der Waals surface area contributed by atoms with Crippen molar-refractivity contribution in [1.82, 2.24) is 10.5 Å². The fourth-order valence-corrected chi connectivity index (χ4v) is 0.939. The molecule has 3 N–H and O–H groups in total. The molecule has 5 heteroatoms. The summed E-state index contributed by atoms with van der Waals surface area (Å²) in [6.07, 6.45) is 2.68. The van der Waals surface area contributed by atoms with Crippen molar-refractivity contribution in [3.8, 4) is 0 Å². The Morgan fingerprint density at radius 1 is 1.54 bits per heavy atom. The van der Waals surface area contributed by atoms with Gasteiger partial charge in [-0.3, -0.25) is 4.79 Å². The molecule has 0 spiro atoms. The summed E-state index contributed by atoms with van der Waals surface area (Å²) in [6.45, 7) is 3.86. The van der Waals surface area contributed by atoms with Gasteiger partial charge in [-0.15, -0.1) is 0 Å². The lowest BCUT2D eigenvalue weighted by Gasteiger charge is -2.14. The minimum Gasteiger partial charge on any atom is -0.356 e. The molecule has 0 atom stereocenters. The fraction of sp³-hybridized carbons (Fsp3) is 0.875. The number of hydrazine groups is 1. The topological polar surface area (TPSA) is 67.6 Å². The van der Waals surface area contributed by atoms with Crippen LogP contribution in [0.25, 0.3) is 0 Å². The van der Waals surface area contributed by atoms with E-state index in [1.807, 2.05) is 12.6 Å².